The van der Waals surface area contributed by atoms with Crippen LogP contribution in [0, 0.1) is 0 Å². The molecule has 0 aliphatic carbocycles. The van der Waals surface area contributed by atoms with Crippen LogP contribution in [0.15, 0.2) is 24.3 Å². The molecule has 1 aromatic carbocycles. The van der Waals surface area contributed by atoms with Crippen LogP contribution in [0.2, 0.25) is 0 Å². The maximum Gasteiger partial charge on any atom is 0.211 e. The zero-order valence-electron chi connectivity index (χ0n) is 12.5. The molecule has 0 saturated carbocycles. The van der Waals surface area contributed by atoms with Crippen LogP contribution in [0.5, 0.6) is 0 Å². The molecule has 1 fully saturated rings. The van der Waals surface area contributed by atoms with E-state index in [-0.39, 0.29) is 5.75 Å². The summed E-state index contributed by atoms with van der Waals surface area (Å²) in [5.74, 6) is 0.179. The lowest BCUT2D eigenvalue weighted by atomic mass is 10.1. The van der Waals surface area contributed by atoms with E-state index in [4.69, 9.17) is 4.74 Å². The molecule has 1 heterocycles. The maximum atomic E-state index is 11.8. The van der Waals surface area contributed by atoms with Gasteiger partial charge in [0.15, 0.2) is 0 Å². The first-order valence-electron chi connectivity index (χ1n) is 7.45. The molecular formula is C15H24N2O3S. The largest absolute Gasteiger partial charge is 0.379 e. The maximum absolute atomic E-state index is 11.8. The first-order valence-corrected chi connectivity index (χ1v) is 9.10. The fraction of sp³-hybridized carbons (Fsp3) is 0.600. The Hall–Kier alpha value is -0.950. The number of hydrogen-bond donors (Lipinski definition) is 1. The first kappa shape index (κ1) is 16.4. The summed E-state index contributed by atoms with van der Waals surface area (Å²) in [5, 5.41) is 0. The number of sulfonamides is 1. The second-order valence-corrected chi connectivity index (χ2v) is 7.22. The molecule has 1 N–H and O–H groups in total. The van der Waals surface area contributed by atoms with Crippen LogP contribution in [0.4, 0.5) is 0 Å². The van der Waals surface area contributed by atoms with E-state index in [2.05, 4.69) is 15.7 Å². The average Bonchev–Trinajstić information content (AvgIpc) is 2.47. The molecule has 1 aliphatic rings. The zero-order valence-corrected chi connectivity index (χ0v) is 13.4. The molecule has 5 nitrogen and oxygen atoms in total. The van der Waals surface area contributed by atoms with Gasteiger partial charge in [-0.15, -0.1) is 0 Å². The number of rotatable bonds is 7. The molecule has 0 spiro atoms. The molecule has 0 aromatic heterocycles. The molecule has 0 bridgehead atoms. The Kier molecular flexibility index (Phi) is 6.17. The number of hydrogen-bond acceptors (Lipinski definition) is 4. The van der Waals surface area contributed by atoms with Gasteiger partial charge in [-0.1, -0.05) is 31.2 Å². The highest BCUT2D eigenvalue weighted by molar-refractivity contribution is 7.89. The number of benzene rings is 1. The summed E-state index contributed by atoms with van der Waals surface area (Å²) in [6.45, 7) is 6.46. The fourth-order valence-corrected chi connectivity index (χ4v) is 3.47. The highest BCUT2D eigenvalue weighted by atomic mass is 32.2. The molecule has 1 aliphatic heterocycles. The molecule has 1 aromatic rings. The van der Waals surface area contributed by atoms with E-state index >= 15 is 0 Å². The summed E-state index contributed by atoms with van der Waals surface area (Å²) in [6.07, 6.45) is 0.630. The third kappa shape index (κ3) is 5.39. The number of ether oxygens (including phenoxy) is 1. The van der Waals surface area contributed by atoms with Crippen LogP contribution < -0.4 is 4.72 Å². The predicted octanol–water partition coefficient (Wildman–Crippen LogP) is 1.35. The molecular weight excluding hydrogens is 288 g/mol. The molecule has 0 unspecified atom stereocenters. The van der Waals surface area contributed by atoms with Gasteiger partial charge in [0.25, 0.3) is 0 Å². The molecule has 1 saturated heterocycles. The molecule has 6 heteroatoms. The van der Waals surface area contributed by atoms with Gasteiger partial charge in [0.1, 0.15) is 0 Å². The second kappa shape index (κ2) is 7.89. The molecule has 0 amide bonds. The smallest absolute Gasteiger partial charge is 0.211 e. The minimum absolute atomic E-state index is 0.179. The van der Waals surface area contributed by atoms with Gasteiger partial charge >= 0.3 is 0 Å². The third-order valence-electron chi connectivity index (χ3n) is 3.57. The van der Waals surface area contributed by atoms with E-state index in [0.29, 0.717) is 13.0 Å². The van der Waals surface area contributed by atoms with Crippen LogP contribution in [-0.4, -0.2) is 45.4 Å². The lowest BCUT2D eigenvalue weighted by Gasteiger charge is -2.27. The Morgan fingerprint density at radius 1 is 1.19 bits per heavy atom. The highest BCUT2D eigenvalue weighted by Gasteiger charge is 2.14. The van der Waals surface area contributed by atoms with E-state index in [9.17, 15) is 8.42 Å². The van der Waals surface area contributed by atoms with Crippen molar-refractivity contribution in [1.82, 2.24) is 9.62 Å². The topological polar surface area (TPSA) is 58.6 Å². The monoisotopic (exact) mass is 312 g/mol. The van der Waals surface area contributed by atoms with Crippen molar-refractivity contribution in [3.8, 4) is 0 Å². The van der Waals surface area contributed by atoms with Crippen molar-refractivity contribution in [3.63, 3.8) is 0 Å². The van der Waals surface area contributed by atoms with Gasteiger partial charge in [-0.2, -0.15) is 0 Å². The van der Waals surface area contributed by atoms with Crippen LogP contribution in [0.3, 0.4) is 0 Å². The number of nitrogens with one attached hydrogen (secondary N) is 1. The molecule has 0 radical (unpaired) electrons. The molecule has 118 valence electrons. The summed E-state index contributed by atoms with van der Waals surface area (Å²) < 4.78 is 31.6. The van der Waals surface area contributed by atoms with Crippen LogP contribution in [0.1, 0.15) is 24.5 Å². The van der Waals surface area contributed by atoms with E-state index < -0.39 is 10.0 Å². The van der Waals surface area contributed by atoms with Crippen molar-refractivity contribution < 1.29 is 13.2 Å². The van der Waals surface area contributed by atoms with Crippen molar-refractivity contribution in [1.29, 1.82) is 0 Å². The van der Waals surface area contributed by atoms with Gasteiger partial charge in [0.2, 0.25) is 10.0 Å². The van der Waals surface area contributed by atoms with Gasteiger partial charge < -0.3 is 4.74 Å². The van der Waals surface area contributed by atoms with Crippen molar-refractivity contribution in [3.05, 3.63) is 35.4 Å². The number of morpholine rings is 1. The highest BCUT2D eigenvalue weighted by Crippen LogP contribution is 2.13. The third-order valence-corrected chi connectivity index (χ3v) is 5.10. The van der Waals surface area contributed by atoms with E-state index in [1.807, 2.05) is 25.1 Å². The van der Waals surface area contributed by atoms with Gasteiger partial charge in [0, 0.05) is 26.2 Å². The fourth-order valence-electron chi connectivity index (χ4n) is 2.41. The van der Waals surface area contributed by atoms with Crippen molar-refractivity contribution in [2.24, 2.45) is 0 Å². The van der Waals surface area contributed by atoms with Gasteiger partial charge in [-0.05, 0) is 17.5 Å². The second-order valence-electron chi connectivity index (χ2n) is 5.30. The Balaban J connectivity index is 1.99. The van der Waals surface area contributed by atoms with E-state index in [1.54, 1.807) is 0 Å². The molecule has 2 rings (SSSR count). The summed E-state index contributed by atoms with van der Waals surface area (Å²) in [6, 6.07) is 8.01. The average molecular weight is 312 g/mol. The normalized spacial score (nSPS) is 17.0. The minimum atomic E-state index is -3.16. The predicted molar refractivity (Wildman–Crippen MR) is 83.5 cm³/mol. The Morgan fingerprint density at radius 3 is 2.52 bits per heavy atom. The standard InChI is InChI=1S/C15H24N2O3S/c1-2-11-21(18,19)16-12-14-5-3-4-6-15(14)13-17-7-9-20-10-8-17/h3-6,16H,2,7-13H2,1H3. The molecule has 21 heavy (non-hydrogen) atoms. The summed E-state index contributed by atoms with van der Waals surface area (Å²) in [7, 11) is -3.16. The number of nitrogens with zero attached hydrogens (tertiary/aromatic N) is 1. The lowest BCUT2D eigenvalue weighted by Crippen LogP contribution is -2.36. The lowest BCUT2D eigenvalue weighted by molar-refractivity contribution is 0.0341. The van der Waals surface area contributed by atoms with Crippen LogP contribution in [-0.2, 0) is 27.8 Å². The van der Waals surface area contributed by atoms with Crippen LogP contribution in [0.25, 0.3) is 0 Å². The minimum Gasteiger partial charge on any atom is -0.379 e. The van der Waals surface area contributed by atoms with Crippen LogP contribution >= 0.6 is 0 Å². The Morgan fingerprint density at radius 2 is 1.86 bits per heavy atom. The summed E-state index contributed by atoms with van der Waals surface area (Å²) in [5.41, 5.74) is 2.22. The van der Waals surface area contributed by atoms with Crippen molar-refractivity contribution in [2.75, 3.05) is 32.1 Å². The summed E-state index contributed by atoms with van der Waals surface area (Å²) >= 11 is 0. The first-order chi connectivity index (χ1) is 10.1. The SMILES string of the molecule is CCCS(=O)(=O)NCc1ccccc1CN1CCOCC1. The quantitative estimate of drug-likeness (QED) is 0.826. The summed E-state index contributed by atoms with van der Waals surface area (Å²) in [4.78, 5) is 2.34. The van der Waals surface area contributed by atoms with E-state index in [0.717, 1.165) is 38.4 Å². The van der Waals surface area contributed by atoms with Gasteiger partial charge in [0.05, 0.1) is 19.0 Å². The molecule has 0 atom stereocenters. The van der Waals surface area contributed by atoms with Gasteiger partial charge in [-0.3, -0.25) is 4.90 Å². The van der Waals surface area contributed by atoms with E-state index in [1.165, 1.54) is 5.56 Å². The van der Waals surface area contributed by atoms with Gasteiger partial charge in [-0.25, -0.2) is 13.1 Å². The van der Waals surface area contributed by atoms with Crippen molar-refractivity contribution in [2.45, 2.75) is 26.4 Å². The zero-order chi connectivity index (χ0) is 15.1. The van der Waals surface area contributed by atoms with Crippen molar-refractivity contribution >= 4 is 10.0 Å². The Labute approximate surface area is 127 Å². The Bertz CT molecular complexity index is 540.